The number of carboxylic acid groups (broad SMARTS) is 1. The highest BCUT2D eigenvalue weighted by Crippen LogP contribution is 2.14. The van der Waals surface area contributed by atoms with Crippen LogP contribution in [0.1, 0.15) is 12.5 Å². The van der Waals surface area contributed by atoms with Gasteiger partial charge in [-0.2, -0.15) is 0 Å². The minimum Gasteiger partial charge on any atom is -0.479 e. The number of aromatic nitrogens is 1. The van der Waals surface area contributed by atoms with Crippen molar-refractivity contribution in [2.45, 2.75) is 19.6 Å². The van der Waals surface area contributed by atoms with E-state index >= 15 is 0 Å². The van der Waals surface area contributed by atoms with Gasteiger partial charge in [-0.05, 0) is 30.7 Å². The zero-order chi connectivity index (χ0) is 12.3. The Morgan fingerprint density at radius 3 is 3.06 bits per heavy atom. The van der Waals surface area contributed by atoms with Crippen molar-refractivity contribution in [3.8, 4) is 0 Å². The second-order valence-corrected chi connectivity index (χ2v) is 3.82. The number of pyridine rings is 1. The molecule has 1 N–H and O–H groups in total. The van der Waals surface area contributed by atoms with Gasteiger partial charge < -0.3 is 9.84 Å². The van der Waals surface area contributed by atoms with Gasteiger partial charge in [0.25, 0.3) is 0 Å². The number of benzene rings is 1. The first-order chi connectivity index (χ1) is 8.16. The molecule has 0 saturated carbocycles. The molecule has 1 aromatic heterocycles. The van der Waals surface area contributed by atoms with Gasteiger partial charge in [-0.15, -0.1) is 0 Å². The minimum atomic E-state index is -0.951. The largest absolute Gasteiger partial charge is 0.479 e. The molecular weight excluding hydrogens is 218 g/mol. The predicted molar refractivity (Wildman–Crippen MR) is 63.6 cm³/mol. The van der Waals surface area contributed by atoms with Crippen molar-refractivity contribution in [3.63, 3.8) is 0 Å². The van der Waals surface area contributed by atoms with E-state index in [-0.39, 0.29) is 6.61 Å². The number of fused-ring (bicyclic) bond motifs is 1. The van der Waals surface area contributed by atoms with E-state index in [1.54, 1.807) is 6.20 Å². The number of hydrogen-bond donors (Lipinski definition) is 1. The fraction of sp³-hybridized carbons (Fsp3) is 0.231. The Morgan fingerprint density at radius 1 is 1.47 bits per heavy atom. The molecule has 1 heterocycles. The van der Waals surface area contributed by atoms with Gasteiger partial charge in [0, 0.05) is 11.6 Å². The second-order valence-electron chi connectivity index (χ2n) is 3.82. The first kappa shape index (κ1) is 11.5. The predicted octanol–water partition coefficient (Wildman–Crippen LogP) is 2.22. The van der Waals surface area contributed by atoms with Gasteiger partial charge >= 0.3 is 5.97 Å². The Hall–Kier alpha value is -1.94. The lowest BCUT2D eigenvalue weighted by atomic mass is 10.1. The molecule has 0 radical (unpaired) electrons. The Morgan fingerprint density at radius 2 is 2.29 bits per heavy atom. The summed E-state index contributed by atoms with van der Waals surface area (Å²) in [5, 5.41) is 9.72. The van der Waals surface area contributed by atoms with Crippen molar-refractivity contribution in [2.75, 3.05) is 0 Å². The standard InChI is InChI=1S/C13H13NO3/c1-9(13(15)16)17-8-10-4-5-12-11(7-10)3-2-6-14-12/h2-7,9H,8H2,1H3,(H,15,16). The van der Waals surface area contributed by atoms with Gasteiger partial charge in [0.15, 0.2) is 6.10 Å². The maximum atomic E-state index is 10.6. The van der Waals surface area contributed by atoms with E-state index in [1.165, 1.54) is 6.92 Å². The second kappa shape index (κ2) is 4.93. The molecule has 1 aromatic carbocycles. The van der Waals surface area contributed by atoms with Crippen molar-refractivity contribution in [2.24, 2.45) is 0 Å². The van der Waals surface area contributed by atoms with Gasteiger partial charge in [-0.3, -0.25) is 4.98 Å². The van der Waals surface area contributed by atoms with E-state index in [9.17, 15) is 4.79 Å². The first-order valence-electron chi connectivity index (χ1n) is 5.35. The van der Waals surface area contributed by atoms with Crippen LogP contribution in [0, 0.1) is 0 Å². The lowest BCUT2D eigenvalue weighted by Crippen LogP contribution is -2.19. The average molecular weight is 231 g/mol. The Bertz CT molecular complexity index is 539. The molecule has 0 aliphatic rings. The molecule has 2 aromatic rings. The summed E-state index contributed by atoms with van der Waals surface area (Å²) >= 11 is 0. The first-order valence-corrected chi connectivity index (χ1v) is 5.35. The van der Waals surface area contributed by atoms with Crippen LogP contribution in [-0.2, 0) is 16.1 Å². The fourth-order valence-corrected chi connectivity index (χ4v) is 1.51. The number of carboxylic acids is 1. The van der Waals surface area contributed by atoms with Gasteiger partial charge in [-0.1, -0.05) is 12.1 Å². The molecule has 88 valence electrons. The summed E-state index contributed by atoms with van der Waals surface area (Å²) in [6.45, 7) is 1.81. The smallest absolute Gasteiger partial charge is 0.332 e. The average Bonchev–Trinajstić information content (AvgIpc) is 2.35. The molecular formula is C13H13NO3. The van der Waals surface area contributed by atoms with E-state index in [4.69, 9.17) is 9.84 Å². The van der Waals surface area contributed by atoms with Gasteiger partial charge in [0.2, 0.25) is 0 Å². The highest BCUT2D eigenvalue weighted by molar-refractivity contribution is 5.78. The van der Waals surface area contributed by atoms with E-state index < -0.39 is 12.1 Å². The van der Waals surface area contributed by atoms with Crippen molar-refractivity contribution in [1.29, 1.82) is 0 Å². The zero-order valence-corrected chi connectivity index (χ0v) is 9.46. The van der Waals surface area contributed by atoms with Gasteiger partial charge in [0.1, 0.15) is 0 Å². The number of hydrogen-bond acceptors (Lipinski definition) is 3. The van der Waals surface area contributed by atoms with Crippen molar-refractivity contribution in [1.82, 2.24) is 4.98 Å². The van der Waals surface area contributed by atoms with Crippen LogP contribution in [-0.4, -0.2) is 22.2 Å². The van der Waals surface area contributed by atoms with E-state index in [0.717, 1.165) is 16.5 Å². The SMILES string of the molecule is CC(OCc1ccc2ncccc2c1)C(=O)O. The van der Waals surface area contributed by atoms with Gasteiger partial charge in [0.05, 0.1) is 12.1 Å². The molecule has 17 heavy (non-hydrogen) atoms. The molecule has 1 unspecified atom stereocenters. The molecule has 4 nitrogen and oxygen atoms in total. The summed E-state index contributed by atoms with van der Waals surface area (Å²) in [5.74, 6) is -0.951. The molecule has 2 rings (SSSR count). The summed E-state index contributed by atoms with van der Waals surface area (Å²) < 4.78 is 5.22. The number of ether oxygens (including phenoxy) is 1. The van der Waals surface area contributed by atoms with Crippen LogP contribution in [0.2, 0.25) is 0 Å². The van der Waals surface area contributed by atoms with Gasteiger partial charge in [-0.25, -0.2) is 4.79 Å². The summed E-state index contributed by atoms with van der Waals surface area (Å²) in [6, 6.07) is 9.58. The lowest BCUT2D eigenvalue weighted by Gasteiger charge is -2.08. The molecule has 1 atom stereocenters. The number of carbonyl (C=O) groups is 1. The van der Waals surface area contributed by atoms with Crippen LogP contribution in [0.25, 0.3) is 10.9 Å². The third kappa shape index (κ3) is 2.79. The molecule has 0 saturated heterocycles. The lowest BCUT2D eigenvalue weighted by molar-refractivity contribution is -0.149. The highest BCUT2D eigenvalue weighted by atomic mass is 16.5. The maximum Gasteiger partial charge on any atom is 0.332 e. The topological polar surface area (TPSA) is 59.4 Å². The monoisotopic (exact) mass is 231 g/mol. The van der Waals surface area contributed by atoms with Crippen molar-refractivity contribution >= 4 is 16.9 Å². The van der Waals surface area contributed by atoms with Crippen LogP contribution < -0.4 is 0 Å². The van der Waals surface area contributed by atoms with Crippen LogP contribution in [0.3, 0.4) is 0 Å². The third-order valence-electron chi connectivity index (χ3n) is 2.52. The van der Waals surface area contributed by atoms with Crippen LogP contribution in [0.4, 0.5) is 0 Å². The number of aliphatic carboxylic acids is 1. The molecule has 4 heteroatoms. The molecule has 0 fully saturated rings. The van der Waals surface area contributed by atoms with E-state index in [0.29, 0.717) is 0 Å². The number of nitrogens with zero attached hydrogens (tertiary/aromatic N) is 1. The highest BCUT2D eigenvalue weighted by Gasteiger charge is 2.10. The molecule has 0 aliphatic carbocycles. The van der Waals surface area contributed by atoms with Crippen molar-refractivity contribution in [3.05, 3.63) is 42.1 Å². The van der Waals surface area contributed by atoms with E-state index in [1.807, 2.05) is 30.3 Å². The summed E-state index contributed by atoms with van der Waals surface area (Å²) in [7, 11) is 0. The third-order valence-corrected chi connectivity index (χ3v) is 2.52. The summed E-state index contributed by atoms with van der Waals surface area (Å²) in [5.41, 5.74) is 1.86. The maximum absolute atomic E-state index is 10.6. The Labute approximate surface area is 98.9 Å². The van der Waals surface area contributed by atoms with Crippen LogP contribution >= 0.6 is 0 Å². The Kier molecular flexibility index (Phi) is 3.35. The number of rotatable bonds is 4. The molecule has 0 bridgehead atoms. The molecule has 0 spiro atoms. The quantitative estimate of drug-likeness (QED) is 0.876. The van der Waals surface area contributed by atoms with Crippen LogP contribution in [0.15, 0.2) is 36.5 Å². The minimum absolute atomic E-state index is 0.290. The van der Waals surface area contributed by atoms with Crippen LogP contribution in [0.5, 0.6) is 0 Å². The Balaban J connectivity index is 2.12. The molecule has 0 amide bonds. The van der Waals surface area contributed by atoms with E-state index in [2.05, 4.69) is 4.98 Å². The fourth-order valence-electron chi connectivity index (χ4n) is 1.51. The molecule has 0 aliphatic heterocycles. The summed E-state index contributed by atoms with van der Waals surface area (Å²) in [6.07, 6.45) is 0.949. The van der Waals surface area contributed by atoms with Crippen molar-refractivity contribution < 1.29 is 14.6 Å². The zero-order valence-electron chi connectivity index (χ0n) is 9.46. The summed E-state index contributed by atoms with van der Waals surface area (Å²) in [4.78, 5) is 14.8. The normalized spacial score (nSPS) is 12.5.